The molecule has 45 heavy (non-hydrogen) atoms. The SMILES string of the molecule is CC(/C=C/c1ccc2ccc(C(C)N[S+]([O-])C(C)(C)C)nc2c1)COC(C(=O)NC(C)C(=O)N1CCC[C@@H](C(=O)O)N1)C(C)C. The fourth-order valence-corrected chi connectivity index (χ4v) is 5.56. The first-order chi connectivity index (χ1) is 21.1. The molecule has 0 saturated carbocycles. The normalized spacial score (nSPS) is 19.3. The number of rotatable bonds is 13. The summed E-state index contributed by atoms with van der Waals surface area (Å²) in [6.45, 7) is 15.8. The summed E-state index contributed by atoms with van der Waals surface area (Å²) in [4.78, 5) is 42.1. The summed E-state index contributed by atoms with van der Waals surface area (Å²) in [5, 5.41) is 14.3. The Balaban J connectivity index is 1.58. The first-order valence-electron chi connectivity index (χ1n) is 15.6. The quantitative estimate of drug-likeness (QED) is 0.236. The van der Waals surface area contributed by atoms with Crippen molar-refractivity contribution < 1.29 is 28.8 Å². The Labute approximate surface area is 269 Å². The number of fused-ring (bicyclic) bond motifs is 1. The number of benzene rings is 1. The number of carboxylic acid groups (broad SMARTS) is 1. The van der Waals surface area contributed by atoms with Crippen LogP contribution in [0.15, 0.2) is 36.4 Å². The summed E-state index contributed by atoms with van der Waals surface area (Å²) in [6, 6.07) is 8.16. The molecule has 1 aliphatic heterocycles. The second-order valence-corrected chi connectivity index (χ2v) is 15.1. The Bertz CT molecular complexity index is 1360. The van der Waals surface area contributed by atoms with Gasteiger partial charge in [0, 0.05) is 23.3 Å². The van der Waals surface area contributed by atoms with Gasteiger partial charge < -0.3 is 19.7 Å². The van der Waals surface area contributed by atoms with Gasteiger partial charge in [0.25, 0.3) is 5.91 Å². The zero-order valence-electron chi connectivity index (χ0n) is 27.6. The molecule has 0 aliphatic carbocycles. The van der Waals surface area contributed by atoms with E-state index in [1.165, 1.54) is 5.01 Å². The fourth-order valence-electron chi connectivity index (χ4n) is 4.76. The molecule has 248 valence electrons. The molecule has 12 heteroatoms. The van der Waals surface area contributed by atoms with Crippen LogP contribution in [0.2, 0.25) is 0 Å². The minimum absolute atomic E-state index is 0.00445. The van der Waals surface area contributed by atoms with Crippen molar-refractivity contribution in [2.45, 2.75) is 97.2 Å². The number of hydrogen-bond donors (Lipinski definition) is 4. The van der Waals surface area contributed by atoms with Crippen LogP contribution in [0.4, 0.5) is 0 Å². The molecule has 2 amide bonds. The highest BCUT2D eigenvalue weighted by atomic mass is 32.2. The molecule has 5 unspecified atom stereocenters. The molecule has 11 nitrogen and oxygen atoms in total. The zero-order valence-corrected chi connectivity index (χ0v) is 28.4. The van der Waals surface area contributed by atoms with Crippen molar-refractivity contribution in [3.05, 3.63) is 47.7 Å². The van der Waals surface area contributed by atoms with E-state index in [0.717, 1.165) is 22.2 Å². The number of aliphatic carboxylic acids is 1. The van der Waals surface area contributed by atoms with Crippen LogP contribution in [-0.2, 0) is 30.5 Å². The molecule has 1 fully saturated rings. The molecule has 1 aliphatic rings. The monoisotopic (exact) mass is 643 g/mol. The van der Waals surface area contributed by atoms with E-state index in [4.69, 9.17) is 9.72 Å². The number of pyridine rings is 1. The third kappa shape index (κ3) is 10.5. The first-order valence-corrected chi connectivity index (χ1v) is 16.7. The standard InChI is InChI=1S/C33H49N5O6S/c1-20(2)29(30(39)34-23(5)31(40)38-17-9-10-27(36-38)32(41)42)44-19-21(3)11-12-24-13-14-25-15-16-26(35-28(25)18-24)22(4)37-45(43)33(6,7)8/h11-16,18,20-23,27,29,36-37H,9-10,17,19H2,1-8H3,(H,34,39)(H,41,42)/b12-11+/t21?,22?,23?,27-,29?,45?/m0/s1. The number of hydrogen-bond acceptors (Lipinski definition) is 8. The average molecular weight is 644 g/mol. The summed E-state index contributed by atoms with van der Waals surface area (Å²) in [7, 11) is 0. The van der Waals surface area contributed by atoms with Crippen LogP contribution < -0.4 is 15.5 Å². The number of hydrazine groups is 1. The molecule has 1 aromatic carbocycles. The minimum Gasteiger partial charge on any atom is -0.598 e. The first kappa shape index (κ1) is 36.4. The summed E-state index contributed by atoms with van der Waals surface area (Å²) in [5.74, 6) is -1.93. The van der Waals surface area contributed by atoms with Crippen LogP contribution in [0.1, 0.15) is 85.5 Å². The van der Waals surface area contributed by atoms with Crippen molar-refractivity contribution in [3.63, 3.8) is 0 Å². The highest BCUT2D eigenvalue weighted by Crippen LogP contribution is 2.22. The predicted octanol–water partition coefficient (Wildman–Crippen LogP) is 4.12. The van der Waals surface area contributed by atoms with Gasteiger partial charge in [-0.15, -0.1) is 4.72 Å². The lowest BCUT2D eigenvalue weighted by atomic mass is 10.0. The Morgan fingerprint density at radius 3 is 2.51 bits per heavy atom. The van der Waals surface area contributed by atoms with Gasteiger partial charge in [0.05, 0.1) is 23.9 Å². The van der Waals surface area contributed by atoms with E-state index in [1.807, 2.05) is 91.0 Å². The maximum Gasteiger partial charge on any atom is 0.322 e. The highest BCUT2D eigenvalue weighted by Gasteiger charge is 2.32. The third-order valence-corrected chi connectivity index (χ3v) is 9.20. The summed E-state index contributed by atoms with van der Waals surface area (Å²) >= 11 is -1.21. The van der Waals surface area contributed by atoms with Crippen molar-refractivity contribution in [1.82, 2.24) is 25.5 Å². The van der Waals surface area contributed by atoms with Crippen LogP contribution in [-0.4, -0.2) is 73.5 Å². The van der Waals surface area contributed by atoms with E-state index in [1.54, 1.807) is 6.92 Å². The van der Waals surface area contributed by atoms with Crippen molar-refractivity contribution in [1.29, 1.82) is 0 Å². The lowest BCUT2D eigenvalue weighted by molar-refractivity contribution is -0.149. The van der Waals surface area contributed by atoms with Crippen molar-refractivity contribution in [2.75, 3.05) is 13.2 Å². The van der Waals surface area contributed by atoms with Gasteiger partial charge in [0.1, 0.15) is 22.9 Å². The van der Waals surface area contributed by atoms with Crippen LogP contribution >= 0.6 is 0 Å². The molecule has 6 atom stereocenters. The van der Waals surface area contributed by atoms with Crippen LogP contribution in [0.25, 0.3) is 17.0 Å². The lowest BCUT2D eigenvalue weighted by Gasteiger charge is -2.34. The Morgan fingerprint density at radius 1 is 1.18 bits per heavy atom. The van der Waals surface area contributed by atoms with Gasteiger partial charge in [0.15, 0.2) is 0 Å². The molecule has 0 spiro atoms. The van der Waals surface area contributed by atoms with Crippen LogP contribution in [0.3, 0.4) is 0 Å². The van der Waals surface area contributed by atoms with Crippen molar-refractivity contribution in [3.8, 4) is 0 Å². The van der Waals surface area contributed by atoms with E-state index < -0.39 is 41.4 Å². The van der Waals surface area contributed by atoms with Crippen LogP contribution in [0.5, 0.6) is 0 Å². The van der Waals surface area contributed by atoms with E-state index in [2.05, 4.69) is 15.5 Å². The van der Waals surface area contributed by atoms with Gasteiger partial charge in [-0.1, -0.05) is 51.1 Å². The number of aromatic nitrogens is 1. The molecule has 4 N–H and O–H groups in total. The molecule has 1 saturated heterocycles. The molecule has 2 heterocycles. The number of carbonyl (C=O) groups is 3. The predicted molar refractivity (Wildman–Crippen MR) is 177 cm³/mol. The smallest absolute Gasteiger partial charge is 0.322 e. The Hall–Kier alpha value is -3.03. The number of carbonyl (C=O) groups excluding carboxylic acids is 2. The van der Waals surface area contributed by atoms with Crippen molar-refractivity contribution in [2.24, 2.45) is 11.8 Å². The molecular formula is C33H49N5O6S. The van der Waals surface area contributed by atoms with Gasteiger partial charge in [-0.3, -0.25) is 24.4 Å². The van der Waals surface area contributed by atoms with Gasteiger partial charge >= 0.3 is 5.97 Å². The van der Waals surface area contributed by atoms with Gasteiger partial charge in [-0.05, 0) is 77.0 Å². The molecule has 2 aromatic rings. The molecule has 0 bridgehead atoms. The molecule has 0 radical (unpaired) electrons. The van der Waals surface area contributed by atoms with Gasteiger partial charge in [0.2, 0.25) is 5.91 Å². The second-order valence-electron chi connectivity index (χ2n) is 13.1. The number of amides is 2. The van der Waals surface area contributed by atoms with E-state index >= 15 is 0 Å². The minimum atomic E-state index is -1.21. The van der Waals surface area contributed by atoms with E-state index in [0.29, 0.717) is 26.0 Å². The topological polar surface area (TPSA) is 156 Å². The maximum absolute atomic E-state index is 13.1. The number of ether oxygens (including phenoxy) is 1. The Kier molecular flexibility index (Phi) is 13.0. The maximum atomic E-state index is 13.1. The highest BCUT2D eigenvalue weighted by molar-refractivity contribution is 7.90. The van der Waals surface area contributed by atoms with E-state index in [9.17, 15) is 24.0 Å². The third-order valence-electron chi connectivity index (χ3n) is 7.52. The summed E-state index contributed by atoms with van der Waals surface area (Å²) in [6.07, 6.45) is 4.26. The fraction of sp³-hybridized carbons (Fsp3) is 0.576. The number of nitrogens with one attached hydrogen (secondary N) is 3. The number of carboxylic acids is 1. The molecule has 3 rings (SSSR count). The summed E-state index contributed by atoms with van der Waals surface area (Å²) < 4.78 is 21.3. The summed E-state index contributed by atoms with van der Waals surface area (Å²) in [5.41, 5.74) is 5.36. The lowest BCUT2D eigenvalue weighted by Crippen LogP contribution is -2.60. The van der Waals surface area contributed by atoms with Gasteiger partial charge in [-0.25, -0.2) is 5.43 Å². The molecular weight excluding hydrogens is 594 g/mol. The van der Waals surface area contributed by atoms with E-state index in [-0.39, 0.29) is 28.5 Å². The number of nitrogens with zero attached hydrogens (tertiary/aromatic N) is 2. The average Bonchev–Trinajstić information content (AvgIpc) is 2.98. The largest absolute Gasteiger partial charge is 0.598 e. The van der Waals surface area contributed by atoms with Gasteiger partial charge in [-0.2, -0.15) is 0 Å². The van der Waals surface area contributed by atoms with Crippen LogP contribution in [0, 0.1) is 11.8 Å². The zero-order chi connectivity index (χ0) is 33.5. The Morgan fingerprint density at radius 2 is 1.87 bits per heavy atom. The second kappa shape index (κ2) is 16.0. The molecule has 1 aromatic heterocycles. The van der Waals surface area contributed by atoms with Crippen molar-refractivity contribution >= 4 is 46.1 Å².